The third-order valence-electron chi connectivity index (χ3n) is 11.5. The van der Waals surface area contributed by atoms with Gasteiger partial charge >= 0.3 is 0 Å². The van der Waals surface area contributed by atoms with E-state index in [1.807, 2.05) is 0 Å². The van der Waals surface area contributed by atoms with Crippen LogP contribution in [0.4, 0.5) is 33.3 Å². The number of rotatable bonds is 7. The molecule has 9 nitrogen and oxygen atoms in total. The number of halogens is 7. The predicted octanol–water partition coefficient (Wildman–Crippen LogP) is 8.04. The van der Waals surface area contributed by atoms with Gasteiger partial charge in [0.05, 0.1) is 31.7 Å². The second-order valence-corrected chi connectivity index (χ2v) is 15.6. The van der Waals surface area contributed by atoms with Crippen LogP contribution in [0.1, 0.15) is 35.4 Å². The van der Waals surface area contributed by atoms with E-state index in [0.29, 0.717) is 17.1 Å². The molecule has 4 aliphatic rings. The molecule has 0 spiro atoms. The Kier molecular flexibility index (Phi) is 9.43. The number of carbonyl (C=O) groups excluding carboxylic acids is 4. The van der Waals surface area contributed by atoms with Crippen LogP contribution >= 0.6 is 23.2 Å². The van der Waals surface area contributed by atoms with E-state index >= 15 is 8.78 Å². The number of phenolic OH excluding ortho intramolecular Hbond substituents is 1. The number of nitrogens with zero attached hydrogens (tertiary/aromatic N) is 2. The number of aromatic hydroxyl groups is 1. The number of carbonyl (C=O) groups is 4. The van der Waals surface area contributed by atoms with E-state index < -0.39 is 98.2 Å². The zero-order chi connectivity index (χ0) is 41.6. The first kappa shape index (κ1) is 39.1. The quantitative estimate of drug-likeness (QED) is 0.0382. The van der Waals surface area contributed by atoms with Crippen LogP contribution in [-0.2, 0) is 19.2 Å². The molecule has 2 aliphatic heterocycles. The first-order valence-electron chi connectivity index (χ1n) is 17.7. The smallest absolute Gasteiger partial charge is 0.258 e. The van der Waals surface area contributed by atoms with Gasteiger partial charge in [0, 0.05) is 11.5 Å². The van der Waals surface area contributed by atoms with Gasteiger partial charge in [-0.15, -0.1) is 23.2 Å². The number of allylic oxidation sites excluding steroid dienone is 2. The Balaban J connectivity index is 1.18. The summed E-state index contributed by atoms with van der Waals surface area (Å²) in [6.07, 6.45) is 4.48. The largest absolute Gasteiger partial charge is 0.508 e. The standard InChI is InChI=1S/C42H29Cl2F5N2O7/c1-57-24-12-15-28(58-2)20(17-24)9-6-19-7-10-22(11-8-19)50-37(53)26-14-13-25-27(29(26)38(50)54)18-41(43)39(55)51(36-34(48)32(46)31(45)33(47)35(36)49)40(56)42(41,44)30(25)21-4-3-5-23(52)16-21/h3-13,15-17,26-27,29-30,52H,14,18H2,1-2H3. The summed E-state index contributed by atoms with van der Waals surface area (Å²) < 4.78 is 84.4. The number of imide groups is 2. The van der Waals surface area contributed by atoms with Crippen molar-refractivity contribution in [1.29, 1.82) is 0 Å². The first-order chi connectivity index (χ1) is 27.6. The zero-order valence-electron chi connectivity index (χ0n) is 30.2. The van der Waals surface area contributed by atoms with Gasteiger partial charge in [-0.25, -0.2) is 26.9 Å². The van der Waals surface area contributed by atoms with Gasteiger partial charge in [0.25, 0.3) is 11.8 Å². The molecule has 1 N–H and O–H groups in total. The molecule has 1 saturated carbocycles. The number of benzene rings is 4. The lowest BCUT2D eigenvalue weighted by atomic mass is 9.56. The van der Waals surface area contributed by atoms with Crippen LogP contribution in [-0.4, -0.2) is 52.7 Å². The summed E-state index contributed by atoms with van der Waals surface area (Å²) in [5.41, 5.74) is 0.147. The monoisotopic (exact) mass is 838 g/mol. The van der Waals surface area contributed by atoms with E-state index in [-0.39, 0.29) is 33.9 Å². The van der Waals surface area contributed by atoms with Crippen molar-refractivity contribution >= 4 is 70.4 Å². The first-order valence-corrected chi connectivity index (χ1v) is 18.5. The van der Waals surface area contributed by atoms with Crippen LogP contribution in [0.3, 0.4) is 0 Å². The molecule has 58 heavy (non-hydrogen) atoms. The average molecular weight is 840 g/mol. The van der Waals surface area contributed by atoms with E-state index in [1.54, 1.807) is 60.7 Å². The minimum atomic E-state index is -2.70. The molecule has 0 aromatic heterocycles. The van der Waals surface area contributed by atoms with Crippen molar-refractivity contribution in [3.8, 4) is 17.2 Å². The number of phenols is 1. The Morgan fingerprint density at radius 2 is 1.43 bits per heavy atom. The minimum Gasteiger partial charge on any atom is -0.508 e. The summed E-state index contributed by atoms with van der Waals surface area (Å²) in [6, 6.07) is 17.1. The maximum absolute atomic E-state index is 15.3. The van der Waals surface area contributed by atoms with Gasteiger partial charge in [-0.05, 0) is 72.4 Å². The number of hydrogen-bond acceptors (Lipinski definition) is 7. The van der Waals surface area contributed by atoms with Crippen molar-refractivity contribution < 1.29 is 55.7 Å². The molecular formula is C42H29Cl2F5N2O7. The van der Waals surface area contributed by atoms with Gasteiger partial charge in [-0.2, -0.15) is 0 Å². The predicted molar refractivity (Wildman–Crippen MR) is 202 cm³/mol. The molecular weight excluding hydrogens is 810 g/mol. The second-order valence-electron chi connectivity index (χ2n) is 14.3. The lowest BCUT2D eigenvalue weighted by Crippen LogP contribution is -2.60. The molecule has 4 aromatic carbocycles. The fourth-order valence-electron chi connectivity index (χ4n) is 8.79. The fourth-order valence-corrected chi connectivity index (χ4v) is 9.72. The highest BCUT2D eigenvalue weighted by atomic mass is 35.5. The maximum atomic E-state index is 15.3. The molecule has 298 valence electrons. The van der Waals surface area contributed by atoms with Crippen molar-refractivity contribution in [2.75, 3.05) is 24.0 Å². The Bertz CT molecular complexity index is 2500. The van der Waals surface area contributed by atoms with E-state index in [4.69, 9.17) is 32.7 Å². The fraction of sp³-hybridized carbons (Fsp3) is 0.238. The number of alkyl halides is 2. The molecule has 3 fully saturated rings. The van der Waals surface area contributed by atoms with Gasteiger partial charge in [0.1, 0.15) is 22.9 Å². The second kappa shape index (κ2) is 14.0. The van der Waals surface area contributed by atoms with Crippen LogP contribution in [0.2, 0.25) is 0 Å². The Hall–Kier alpha value is -5.73. The van der Waals surface area contributed by atoms with Crippen molar-refractivity contribution in [1.82, 2.24) is 0 Å². The zero-order valence-corrected chi connectivity index (χ0v) is 31.8. The maximum Gasteiger partial charge on any atom is 0.258 e. The van der Waals surface area contributed by atoms with Crippen LogP contribution in [0.5, 0.6) is 17.2 Å². The highest BCUT2D eigenvalue weighted by Crippen LogP contribution is 2.66. The highest BCUT2D eigenvalue weighted by molar-refractivity contribution is 6.58. The Morgan fingerprint density at radius 1 is 0.759 bits per heavy atom. The summed E-state index contributed by atoms with van der Waals surface area (Å²) in [7, 11) is 3.08. The van der Waals surface area contributed by atoms with E-state index in [1.165, 1.54) is 38.5 Å². The molecule has 6 atom stereocenters. The van der Waals surface area contributed by atoms with Crippen LogP contribution in [0.15, 0.2) is 78.4 Å². The number of hydrogen-bond donors (Lipinski definition) is 1. The van der Waals surface area contributed by atoms with Crippen LogP contribution in [0.25, 0.3) is 12.2 Å². The van der Waals surface area contributed by atoms with Gasteiger partial charge < -0.3 is 14.6 Å². The number of ether oxygens (including phenoxy) is 2. The molecule has 2 heterocycles. The minimum absolute atomic E-state index is 0.0399. The third kappa shape index (κ3) is 5.48. The van der Waals surface area contributed by atoms with Gasteiger partial charge in [0.2, 0.25) is 17.6 Å². The summed E-state index contributed by atoms with van der Waals surface area (Å²) in [4.78, 5) is 52.7. The van der Waals surface area contributed by atoms with Crippen molar-refractivity contribution in [2.45, 2.75) is 28.5 Å². The molecule has 0 radical (unpaired) electrons. The molecule has 4 aromatic rings. The SMILES string of the molecule is COc1ccc(OC)c(C=Cc2ccc(N3C(=O)C4CC=C5C(CC6(Cl)C(=O)N(c7c(F)c(F)c(F)c(F)c7F)C(=O)C6(Cl)C5c5cccc(O)c5)C4C3=O)cc2)c1. The summed E-state index contributed by atoms with van der Waals surface area (Å²) in [5, 5.41) is 10.5. The van der Waals surface area contributed by atoms with E-state index in [0.717, 1.165) is 10.5 Å². The molecule has 6 unspecified atom stereocenters. The molecule has 0 bridgehead atoms. The molecule has 2 saturated heterocycles. The lowest BCUT2D eigenvalue weighted by molar-refractivity contribution is -0.125. The third-order valence-corrected chi connectivity index (χ3v) is 12.9. The Morgan fingerprint density at radius 3 is 2.07 bits per heavy atom. The van der Waals surface area contributed by atoms with Gasteiger partial charge in [0.15, 0.2) is 33.0 Å². The molecule has 16 heteroatoms. The Labute approximate surface area is 336 Å². The summed E-state index contributed by atoms with van der Waals surface area (Å²) in [5.74, 6) is -20.6. The summed E-state index contributed by atoms with van der Waals surface area (Å²) >= 11 is 14.3. The lowest BCUT2D eigenvalue weighted by Gasteiger charge is -2.50. The number of methoxy groups -OCH3 is 2. The molecule has 8 rings (SSSR count). The topological polar surface area (TPSA) is 113 Å². The van der Waals surface area contributed by atoms with Crippen molar-refractivity contribution in [2.24, 2.45) is 17.8 Å². The highest BCUT2D eigenvalue weighted by Gasteiger charge is 2.77. The van der Waals surface area contributed by atoms with E-state index in [9.17, 15) is 37.5 Å². The van der Waals surface area contributed by atoms with Crippen LogP contribution in [0, 0.1) is 46.8 Å². The van der Waals surface area contributed by atoms with Crippen LogP contribution < -0.4 is 19.3 Å². The summed E-state index contributed by atoms with van der Waals surface area (Å²) in [6.45, 7) is 0. The van der Waals surface area contributed by atoms with Gasteiger partial charge in [-0.1, -0.05) is 48.1 Å². The van der Waals surface area contributed by atoms with E-state index in [2.05, 4.69) is 0 Å². The van der Waals surface area contributed by atoms with Crippen molar-refractivity contribution in [3.05, 3.63) is 124 Å². The number of amides is 4. The molecule has 2 aliphatic carbocycles. The number of anilines is 2. The van der Waals surface area contributed by atoms with Gasteiger partial charge in [-0.3, -0.25) is 24.1 Å². The molecule has 4 amide bonds. The van der Waals surface area contributed by atoms with Crippen molar-refractivity contribution in [3.63, 3.8) is 0 Å². The normalized spacial score (nSPS) is 26.5. The number of fused-ring (bicyclic) bond motifs is 4. The average Bonchev–Trinajstić information content (AvgIpc) is 3.56.